The number of nitrogens with one attached hydrogen (secondary N) is 1. The molecule has 36 heavy (non-hydrogen) atoms. The van der Waals surface area contributed by atoms with Crippen LogP contribution >= 0.6 is 11.3 Å². The number of hydrogen-bond donors (Lipinski definition) is 1. The smallest absolute Gasteiger partial charge is 0.256 e. The Morgan fingerprint density at radius 2 is 2.00 bits per heavy atom. The van der Waals surface area contributed by atoms with Gasteiger partial charge in [0.15, 0.2) is 0 Å². The molecule has 4 rings (SSSR count). The Kier molecular flexibility index (Phi) is 8.41. The van der Waals surface area contributed by atoms with E-state index >= 15 is 0 Å². The summed E-state index contributed by atoms with van der Waals surface area (Å²) >= 11 is 1.62. The number of hydrogen-bond acceptors (Lipinski definition) is 6. The summed E-state index contributed by atoms with van der Waals surface area (Å²) in [6, 6.07) is 6.64. The number of thiophene rings is 1. The van der Waals surface area contributed by atoms with Crippen molar-refractivity contribution in [1.82, 2.24) is 25.0 Å². The molecule has 0 bridgehead atoms. The highest BCUT2D eigenvalue weighted by atomic mass is 32.1. The van der Waals surface area contributed by atoms with Crippen LogP contribution in [0.3, 0.4) is 0 Å². The Labute approximate surface area is 217 Å². The van der Waals surface area contributed by atoms with Gasteiger partial charge in [0.25, 0.3) is 5.91 Å². The first kappa shape index (κ1) is 26.3. The highest BCUT2D eigenvalue weighted by molar-refractivity contribution is 7.09. The van der Waals surface area contributed by atoms with Gasteiger partial charge < -0.3 is 20.0 Å². The standard InChI is InChI=1S/C27H37N5O3S/c1-27(2,3)16-24(33)31(19-22-8-5-14-36-22)21-15-23(26(35)30-12-6-10-28-11-13-30)32(18-21)25(34)20-7-4-9-29-17-20/h4-5,7-9,14,17,21,23,28H,6,10-13,15-16,18-19H2,1-3H3. The first-order valence-electron chi connectivity index (χ1n) is 12.8. The van der Waals surface area contributed by atoms with E-state index in [0.717, 1.165) is 24.4 Å². The molecule has 2 fully saturated rings. The number of nitrogens with zero attached hydrogens (tertiary/aromatic N) is 4. The van der Waals surface area contributed by atoms with Crippen LogP contribution in [0, 0.1) is 5.41 Å². The predicted octanol–water partition coefficient (Wildman–Crippen LogP) is 3.01. The number of amides is 3. The lowest BCUT2D eigenvalue weighted by Gasteiger charge is -2.31. The molecule has 194 valence electrons. The summed E-state index contributed by atoms with van der Waals surface area (Å²) in [7, 11) is 0. The predicted molar refractivity (Wildman–Crippen MR) is 140 cm³/mol. The van der Waals surface area contributed by atoms with E-state index in [9.17, 15) is 14.4 Å². The van der Waals surface area contributed by atoms with Crippen molar-refractivity contribution in [2.75, 3.05) is 32.7 Å². The summed E-state index contributed by atoms with van der Waals surface area (Å²) in [6.07, 6.45) is 4.90. The van der Waals surface area contributed by atoms with Crippen molar-refractivity contribution in [3.63, 3.8) is 0 Å². The molecule has 2 atom stereocenters. The summed E-state index contributed by atoms with van der Waals surface area (Å²) in [5.74, 6) is -0.184. The molecule has 0 aliphatic carbocycles. The topological polar surface area (TPSA) is 85.9 Å². The van der Waals surface area contributed by atoms with Crippen molar-refractivity contribution >= 4 is 29.1 Å². The molecule has 2 unspecified atom stereocenters. The van der Waals surface area contributed by atoms with E-state index in [0.29, 0.717) is 44.6 Å². The molecule has 2 aliphatic heterocycles. The first-order chi connectivity index (χ1) is 17.2. The minimum Gasteiger partial charge on any atom is -0.340 e. The van der Waals surface area contributed by atoms with Crippen LogP contribution in [-0.2, 0) is 16.1 Å². The average molecular weight is 512 g/mol. The van der Waals surface area contributed by atoms with Gasteiger partial charge in [0.1, 0.15) is 6.04 Å². The molecular formula is C27H37N5O3S. The molecule has 0 radical (unpaired) electrons. The van der Waals surface area contributed by atoms with E-state index in [1.807, 2.05) is 27.3 Å². The van der Waals surface area contributed by atoms with Gasteiger partial charge in [0.2, 0.25) is 11.8 Å². The third-order valence-electron chi connectivity index (χ3n) is 6.73. The summed E-state index contributed by atoms with van der Waals surface area (Å²) in [6.45, 7) is 9.90. The Bertz CT molecular complexity index is 1030. The fourth-order valence-electron chi connectivity index (χ4n) is 4.98. The normalized spacial score (nSPS) is 20.8. The Morgan fingerprint density at radius 1 is 1.17 bits per heavy atom. The Hall–Kier alpha value is -2.78. The molecule has 2 aliphatic rings. The zero-order valence-electron chi connectivity index (χ0n) is 21.5. The van der Waals surface area contributed by atoms with Crippen molar-refractivity contribution in [2.45, 2.75) is 58.7 Å². The van der Waals surface area contributed by atoms with Crippen LogP contribution in [0.2, 0.25) is 0 Å². The molecule has 2 aromatic rings. The van der Waals surface area contributed by atoms with Crippen LogP contribution < -0.4 is 5.32 Å². The monoisotopic (exact) mass is 511 g/mol. The highest BCUT2D eigenvalue weighted by Gasteiger charge is 2.45. The molecule has 3 amide bonds. The molecular weight excluding hydrogens is 474 g/mol. The molecule has 2 saturated heterocycles. The van der Waals surface area contributed by atoms with Gasteiger partial charge in [0.05, 0.1) is 18.2 Å². The highest BCUT2D eigenvalue weighted by Crippen LogP contribution is 2.30. The number of carbonyl (C=O) groups excluding carboxylic acids is 3. The Balaban J connectivity index is 1.63. The van der Waals surface area contributed by atoms with Gasteiger partial charge in [-0.25, -0.2) is 0 Å². The molecule has 8 nitrogen and oxygen atoms in total. The maximum Gasteiger partial charge on any atom is 0.256 e. The summed E-state index contributed by atoms with van der Waals surface area (Å²) < 4.78 is 0. The van der Waals surface area contributed by atoms with Crippen molar-refractivity contribution < 1.29 is 14.4 Å². The van der Waals surface area contributed by atoms with Crippen LogP contribution in [0.5, 0.6) is 0 Å². The van der Waals surface area contributed by atoms with Crippen LogP contribution in [0.4, 0.5) is 0 Å². The number of likely N-dealkylation sites (tertiary alicyclic amines) is 1. The van der Waals surface area contributed by atoms with Crippen molar-refractivity contribution in [3.05, 3.63) is 52.5 Å². The second-order valence-electron chi connectivity index (χ2n) is 10.9. The number of rotatable bonds is 6. The SMILES string of the molecule is CC(C)(C)CC(=O)N(Cc1cccs1)C1CC(C(=O)N2CCCNCC2)N(C(=O)c2cccnc2)C1. The van der Waals surface area contributed by atoms with Gasteiger partial charge >= 0.3 is 0 Å². The van der Waals surface area contributed by atoms with E-state index in [-0.39, 0.29) is 29.2 Å². The molecule has 9 heteroatoms. The van der Waals surface area contributed by atoms with Crippen LogP contribution in [0.25, 0.3) is 0 Å². The van der Waals surface area contributed by atoms with E-state index in [2.05, 4.69) is 31.1 Å². The second kappa shape index (κ2) is 11.5. The largest absolute Gasteiger partial charge is 0.340 e. The molecule has 4 heterocycles. The van der Waals surface area contributed by atoms with Crippen molar-refractivity contribution in [2.24, 2.45) is 5.41 Å². The van der Waals surface area contributed by atoms with Gasteiger partial charge in [-0.3, -0.25) is 19.4 Å². The maximum atomic E-state index is 13.8. The second-order valence-corrected chi connectivity index (χ2v) is 11.9. The van der Waals surface area contributed by atoms with E-state index < -0.39 is 6.04 Å². The third-order valence-corrected chi connectivity index (χ3v) is 7.60. The molecule has 2 aromatic heterocycles. The zero-order valence-corrected chi connectivity index (χ0v) is 22.3. The van der Waals surface area contributed by atoms with Crippen LogP contribution in [-0.4, -0.2) is 82.2 Å². The lowest BCUT2D eigenvalue weighted by Crippen LogP contribution is -2.48. The Morgan fingerprint density at radius 3 is 2.69 bits per heavy atom. The van der Waals surface area contributed by atoms with Crippen molar-refractivity contribution in [1.29, 1.82) is 0 Å². The minimum absolute atomic E-state index is 0.0298. The summed E-state index contributed by atoms with van der Waals surface area (Å²) in [5.41, 5.74) is 0.294. The van der Waals surface area contributed by atoms with E-state index in [1.54, 1.807) is 40.8 Å². The molecule has 0 spiro atoms. The van der Waals surface area contributed by atoms with Gasteiger partial charge in [0, 0.05) is 49.9 Å². The number of aromatic nitrogens is 1. The summed E-state index contributed by atoms with van der Waals surface area (Å²) in [5, 5.41) is 5.34. The minimum atomic E-state index is -0.603. The van der Waals surface area contributed by atoms with Crippen LogP contribution in [0.1, 0.15) is 55.3 Å². The van der Waals surface area contributed by atoms with Gasteiger partial charge in [-0.05, 0) is 48.4 Å². The lowest BCUT2D eigenvalue weighted by molar-refractivity contribution is -0.137. The molecule has 0 saturated carbocycles. The van der Waals surface area contributed by atoms with E-state index in [4.69, 9.17) is 0 Å². The number of pyridine rings is 1. The first-order valence-corrected chi connectivity index (χ1v) is 13.6. The van der Waals surface area contributed by atoms with E-state index in [1.165, 1.54) is 0 Å². The van der Waals surface area contributed by atoms with Gasteiger partial charge in [-0.15, -0.1) is 11.3 Å². The van der Waals surface area contributed by atoms with Crippen molar-refractivity contribution in [3.8, 4) is 0 Å². The molecule has 1 N–H and O–H groups in total. The van der Waals surface area contributed by atoms with Crippen LogP contribution in [0.15, 0.2) is 42.0 Å². The summed E-state index contributed by atoms with van der Waals surface area (Å²) in [4.78, 5) is 51.6. The van der Waals surface area contributed by atoms with Gasteiger partial charge in [-0.1, -0.05) is 26.8 Å². The zero-order chi connectivity index (χ0) is 25.7. The number of carbonyl (C=O) groups is 3. The lowest BCUT2D eigenvalue weighted by atomic mass is 9.91. The fraction of sp³-hybridized carbons (Fsp3) is 0.556. The fourth-order valence-corrected chi connectivity index (χ4v) is 5.68. The average Bonchev–Trinajstić information content (AvgIpc) is 3.44. The molecule has 0 aromatic carbocycles. The maximum absolute atomic E-state index is 13.8. The third kappa shape index (κ3) is 6.50. The quantitative estimate of drug-likeness (QED) is 0.645. The van der Waals surface area contributed by atoms with Gasteiger partial charge in [-0.2, -0.15) is 0 Å².